The smallest absolute Gasteiger partial charge is 0.276 e. The summed E-state index contributed by atoms with van der Waals surface area (Å²) in [6, 6.07) is 12.9. The average molecular weight is 490 g/mol. The Morgan fingerprint density at radius 3 is 2.50 bits per heavy atom. The van der Waals surface area contributed by atoms with Crippen LogP contribution in [0.15, 0.2) is 51.8 Å². The summed E-state index contributed by atoms with van der Waals surface area (Å²) in [6.07, 6.45) is 0.629. The van der Waals surface area contributed by atoms with Crippen molar-refractivity contribution in [2.75, 3.05) is 24.5 Å². The molecule has 0 bridgehead atoms. The molecule has 0 saturated carbocycles. The number of hydrogen-bond donors (Lipinski definition) is 0. The van der Waals surface area contributed by atoms with Crippen LogP contribution in [0.5, 0.6) is 0 Å². The second-order valence-corrected chi connectivity index (χ2v) is 10.1. The first-order valence-corrected chi connectivity index (χ1v) is 12.2. The van der Waals surface area contributed by atoms with Crippen molar-refractivity contribution in [3.05, 3.63) is 58.2 Å². The van der Waals surface area contributed by atoms with E-state index in [-0.39, 0.29) is 10.8 Å². The van der Waals surface area contributed by atoms with Crippen LogP contribution in [-0.4, -0.2) is 42.8 Å². The van der Waals surface area contributed by atoms with Crippen molar-refractivity contribution < 1.29 is 13.2 Å². The minimum Gasteiger partial charge on any atom is -0.339 e. The van der Waals surface area contributed by atoms with Gasteiger partial charge in [0.25, 0.3) is 5.91 Å². The quantitative estimate of drug-likeness (QED) is 0.540. The molecule has 1 aliphatic rings. The summed E-state index contributed by atoms with van der Waals surface area (Å²) >= 11 is 3.61. The fourth-order valence-corrected chi connectivity index (χ4v) is 6.45. The van der Waals surface area contributed by atoms with E-state index in [9.17, 15) is 13.2 Å². The highest BCUT2D eigenvalue weighted by Gasteiger charge is 2.31. The van der Waals surface area contributed by atoms with Gasteiger partial charge in [0.15, 0.2) is 0 Å². The number of halogens is 1. The molecule has 158 valence electrons. The van der Waals surface area contributed by atoms with E-state index in [0.717, 1.165) is 26.6 Å². The summed E-state index contributed by atoms with van der Waals surface area (Å²) in [7, 11) is -1.64. The van der Waals surface area contributed by atoms with Crippen molar-refractivity contribution in [2.24, 2.45) is 7.05 Å². The highest BCUT2D eigenvalue weighted by atomic mass is 79.9. The zero-order valence-electron chi connectivity index (χ0n) is 17.2. The van der Waals surface area contributed by atoms with E-state index in [0.29, 0.717) is 31.7 Å². The van der Waals surface area contributed by atoms with E-state index < -0.39 is 10.0 Å². The van der Waals surface area contributed by atoms with E-state index in [1.807, 2.05) is 49.7 Å². The minimum absolute atomic E-state index is 0.0984. The molecule has 0 radical (unpaired) electrons. The first-order valence-electron chi connectivity index (χ1n) is 9.99. The standard InChI is InChI=1S/C22H24BrN3O3S/c1-4-25(5-2)30(28,29)16-10-11-18-15(14-16)12-13-26(18)22(27)21-20(23)17-8-6-7-9-19(17)24(21)3/h6-11,14H,4-5,12-13H2,1-3H3. The van der Waals surface area contributed by atoms with Crippen molar-refractivity contribution in [1.29, 1.82) is 0 Å². The monoisotopic (exact) mass is 489 g/mol. The van der Waals surface area contributed by atoms with Gasteiger partial charge in [-0.05, 0) is 52.2 Å². The number of anilines is 1. The van der Waals surface area contributed by atoms with Gasteiger partial charge in [-0.1, -0.05) is 32.0 Å². The molecule has 1 amide bonds. The summed E-state index contributed by atoms with van der Waals surface area (Å²) < 4.78 is 29.8. The Morgan fingerprint density at radius 1 is 1.13 bits per heavy atom. The lowest BCUT2D eigenvalue weighted by molar-refractivity contribution is 0.0981. The maximum atomic E-state index is 13.5. The van der Waals surface area contributed by atoms with Crippen molar-refractivity contribution >= 4 is 48.5 Å². The molecule has 0 spiro atoms. The molecule has 0 atom stereocenters. The highest BCUT2D eigenvalue weighted by Crippen LogP contribution is 2.36. The zero-order valence-corrected chi connectivity index (χ0v) is 19.6. The van der Waals surface area contributed by atoms with Gasteiger partial charge < -0.3 is 9.47 Å². The molecule has 3 aromatic rings. The SMILES string of the molecule is CCN(CC)S(=O)(=O)c1ccc2c(c1)CCN2C(=O)c1c(Br)c2ccccc2n1C. The molecular weight excluding hydrogens is 466 g/mol. The Balaban J connectivity index is 1.72. The van der Waals surface area contributed by atoms with Crippen molar-refractivity contribution in [1.82, 2.24) is 8.87 Å². The number of carbonyl (C=O) groups is 1. The van der Waals surface area contributed by atoms with Gasteiger partial charge in [0.05, 0.1) is 9.37 Å². The lowest BCUT2D eigenvalue weighted by Crippen LogP contribution is -2.31. The van der Waals surface area contributed by atoms with Gasteiger partial charge in [-0.3, -0.25) is 4.79 Å². The second-order valence-electron chi connectivity index (χ2n) is 7.33. The molecule has 0 aliphatic carbocycles. The number of sulfonamides is 1. The first-order chi connectivity index (χ1) is 14.3. The molecule has 0 N–H and O–H groups in total. The topological polar surface area (TPSA) is 62.6 Å². The van der Waals surface area contributed by atoms with Gasteiger partial charge in [-0.2, -0.15) is 4.31 Å². The fraction of sp³-hybridized carbons (Fsp3) is 0.318. The lowest BCUT2D eigenvalue weighted by Gasteiger charge is -2.20. The van der Waals surface area contributed by atoms with E-state index in [1.54, 1.807) is 23.1 Å². The highest BCUT2D eigenvalue weighted by molar-refractivity contribution is 9.10. The van der Waals surface area contributed by atoms with Gasteiger partial charge >= 0.3 is 0 Å². The molecule has 1 aliphatic heterocycles. The number of para-hydroxylation sites is 1. The van der Waals surface area contributed by atoms with Crippen LogP contribution in [0, 0.1) is 0 Å². The van der Waals surface area contributed by atoms with Gasteiger partial charge in [-0.25, -0.2) is 8.42 Å². The Bertz CT molecular complexity index is 1210. The molecule has 8 heteroatoms. The lowest BCUT2D eigenvalue weighted by atomic mass is 10.2. The first kappa shape index (κ1) is 21.1. The van der Waals surface area contributed by atoms with Crippen molar-refractivity contribution in [3.8, 4) is 0 Å². The predicted octanol–water partition coefficient (Wildman–Crippen LogP) is 4.17. The van der Waals surface area contributed by atoms with Crippen LogP contribution >= 0.6 is 15.9 Å². The minimum atomic E-state index is -3.53. The Morgan fingerprint density at radius 2 is 1.83 bits per heavy atom. The maximum absolute atomic E-state index is 13.5. The normalized spacial score (nSPS) is 14.0. The largest absolute Gasteiger partial charge is 0.339 e. The van der Waals surface area contributed by atoms with Gasteiger partial charge in [0.2, 0.25) is 10.0 Å². The summed E-state index contributed by atoms with van der Waals surface area (Å²) in [5.41, 5.74) is 3.22. The van der Waals surface area contributed by atoms with Crippen LogP contribution in [0.4, 0.5) is 5.69 Å². The number of hydrogen-bond acceptors (Lipinski definition) is 3. The van der Waals surface area contributed by atoms with Crippen LogP contribution in [0.25, 0.3) is 10.9 Å². The van der Waals surface area contributed by atoms with Crippen LogP contribution in [0.3, 0.4) is 0 Å². The predicted molar refractivity (Wildman–Crippen MR) is 123 cm³/mol. The van der Waals surface area contributed by atoms with E-state index in [4.69, 9.17) is 0 Å². The third kappa shape index (κ3) is 3.18. The molecule has 1 aromatic heterocycles. The molecule has 6 nitrogen and oxygen atoms in total. The summed E-state index contributed by atoms with van der Waals surface area (Å²) in [5.74, 6) is -0.0984. The number of benzene rings is 2. The van der Waals surface area contributed by atoms with Crippen molar-refractivity contribution in [2.45, 2.75) is 25.2 Å². The molecular formula is C22H24BrN3O3S. The van der Waals surface area contributed by atoms with Crippen LogP contribution < -0.4 is 4.90 Å². The molecule has 0 saturated heterocycles. The average Bonchev–Trinajstić information content (AvgIpc) is 3.27. The van der Waals surface area contributed by atoms with E-state index >= 15 is 0 Å². The van der Waals surface area contributed by atoms with Crippen LogP contribution in [0.1, 0.15) is 29.9 Å². The third-order valence-corrected chi connectivity index (χ3v) is 8.63. The van der Waals surface area contributed by atoms with Gasteiger partial charge in [0, 0.05) is 43.3 Å². The summed E-state index contributed by atoms with van der Waals surface area (Å²) in [6.45, 7) is 5.04. The summed E-state index contributed by atoms with van der Waals surface area (Å²) in [5, 5.41) is 0.989. The second kappa shape index (κ2) is 7.83. The van der Waals surface area contributed by atoms with Crippen molar-refractivity contribution in [3.63, 3.8) is 0 Å². The number of nitrogens with zero attached hydrogens (tertiary/aromatic N) is 3. The molecule has 4 rings (SSSR count). The number of aryl methyl sites for hydroxylation is 1. The Labute approximate surface area is 185 Å². The number of fused-ring (bicyclic) bond motifs is 2. The molecule has 0 unspecified atom stereocenters. The van der Waals surface area contributed by atoms with Crippen LogP contribution in [0.2, 0.25) is 0 Å². The number of rotatable bonds is 5. The third-order valence-electron chi connectivity index (χ3n) is 5.78. The molecule has 30 heavy (non-hydrogen) atoms. The Kier molecular flexibility index (Phi) is 5.50. The summed E-state index contributed by atoms with van der Waals surface area (Å²) in [4.78, 5) is 15.5. The maximum Gasteiger partial charge on any atom is 0.276 e. The fourth-order valence-electron chi connectivity index (χ4n) is 4.17. The number of amides is 1. The number of carbonyl (C=O) groups excluding carboxylic acids is 1. The van der Waals surface area contributed by atoms with Gasteiger partial charge in [-0.15, -0.1) is 0 Å². The number of aromatic nitrogens is 1. The molecule has 2 heterocycles. The van der Waals surface area contributed by atoms with Gasteiger partial charge in [0.1, 0.15) is 5.69 Å². The Hall–Kier alpha value is -2.16. The van der Waals surface area contributed by atoms with E-state index in [2.05, 4.69) is 15.9 Å². The zero-order chi connectivity index (χ0) is 21.6. The van der Waals surface area contributed by atoms with E-state index in [1.165, 1.54) is 4.31 Å². The molecule has 2 aromatic carbocycles. The molecule has 0 fully saturated rings. The van der Waals surface area contributed by atoms with Crippen LogP contribution in [-0.2, 0) is 23.5 Å².